The molecule has 3 N–H and O–H groups in total. The van der Waals surface area contributed by atoms with Gasteiger partial charge in [0.05, 0.1) is 24.8 Å². The van der Waals surface area contributed by atoms with Gasteiger partial charge in [-0.3, -0.25) is 19.5 Å². The van der Waals surface area contributed by atoms with Crippen LogP contribution in [0.4, 0.5) is 39.3 Å². The van der Waals surface area contributed by atoms with Gasteiger partial charge in [-0.2, -0.15) is 15.0 Å². The number of rotatable bonds is 14. The number of nitrogens with zero attached hydrogens (tertiary/aromatic N) is 7. The lowest BCUT2D eigenvalue weighted by Gasteiger charge is -2.32. The average Bonchev–Trinajstić information content (AvgIpc) is 3.53. The summed E-state index contributed by atoms with van der Waals surface area (Å²) < 4.78 is 13.8. The number of carbonyl (C=O) groups is 2. The van der Waals surface area contributed by atoms with E-state index in [0.717, 1.165) is 54.1 Å². The molecule has 0 radical (unpaired) electrons. The molecule has 4 aromatic rings. The number of ketones is 1. The van der Waals surface area contributed by atoms with Crippen molar-refractivity contribution in [2.75, 3.05) is 48.7 Å². The first kappa shape index (κ1) is 33.2. The van der Waals surface area contributed by atoms with Gasteiger partial charge >= 0.3 is 0 Å². The van der Waals surface area contributed by atoms with Crippen molar-refractivity contribution in [2.24, 2.45) is 4.99 Å². The van der Waals surface area contributed by atoms with E-state index in [1.54, 1.807) is 23.1 Å². The summed E-state index contributed by atoms with van der Waals surface area (Å²) in [7, 11) is 0. The third-order valence-corrected chi connectivity index (χ3v) is 8.50. The van der Waals surface area contributed by atoms with E-state index in [9.17, 15) is 14.0 Å². The van der Waals surface area contributed by atoms with E-state index in [0.29, 0.717) is 50.3 Å². The highest BCUT2D eigenvalue weighted by atomic mass is 19.1. The molecule has 0 spiro atoms. The molecule has 2 aliphatic rings. The van der Waals surface area contributed by atoms with Crippen LogP contribution in [0.25, 0.3) is 4.85 Å². The second kappa shape index (κ2) is 15.4. The number of hydrogen-bond donors (Lipinski definition) is 3. The quantitative estimate of drug-likeness (QED) is 0.121. The number of amides is 1. The zero-order chi connectivity index (χ0) is 34.2. The van der Waals surface area contributed by atoms with Crippen LogP contribution < -0.4 is 16.0 Å². The summed E-state index contributed by atoms with van der Waals surface area (Å²) in [5.41, 5.74) is 5.70. The Hall–Kier alpha value is -5.74. The predicted molar refractivity (Wildman–Crippen MR) is 187 cm³/mol. The lowest BCUT2D eigenvalue weighted by molar-refractivity contribution is -0.120. The Bertz CT molecular complexity index is 1880. The van der Waals surface area contributed by atoms with Gasteiger partial charge in [0.15, 0.2) is 11.5 Å². The van der Waals surface area contributed by atoms with Crippen LogP contribution in [0.3, 0.4) is 0 Å². The minimum atomic E-state index is -0.612. The summed E-state index contributed by atoms with van der Waals surface area (Å²) in [4.78, 5) is 50.2. The van der Waals surface area contributed by atoms with Crippen molar-refractivity contribution in [3.05, 3.63) is 101 Å². The average molecular weight is 661 g/mol. The molecule has 250 valence electrons. The maximum atomic E-state index is 13.8. The Morgan fingerprint density at radius 1 is 0.980 bits per heavy atom. The zero-order valence-electron chi connectivity index (χ0n) is 27.2. The van der Waals surface area contributed by atoms with E-state index in [2.05, 4.69) is 51.7 Å². The molecule has 1 amide bonds. The van der Waals surface area contributed by atoms with Gasteiger partial charge < -0.3 is 20.9 Å². The Morgan fingerprint density at radius 3 is 2.51 bits per heavy atom. The molecule has 6 rings (SSSR count). The number of aromatic nitrogens is 3. The summed E-state index contributed by atoms with van der Waals surface area (Å²) in [5.74, 6) is 0.430. The molecule has 2 aliphatic heterocycles. The van der Waals surface area contributed by atoms with Gasteiger partial charge in [0.25, 0.3) is 0 Å². The summed E-state index contributed by atoms with van der Waals surface area (Å²) in [6, 6.07) is 19.1. The number of anilines is 4. The summed E-state index contributed by atoms with van der Waals surface area (Å²) in [6.45, 7) is 13.1. The molecule has 0 aliphatic carbocycles. The smallest absolute Gasteiger partial charge is 0.233 e. The number of aliphatic imine (C=N–C) groups is 1. The van der Waals surface area contributed by atoms with Crippen molar-refractivity contribution in [3.63, 3.8) is 0 Å². The molecule has 1 saturated heterocycles. The SMILES string of the molecule is [C-]#[N+]c1ccc(C[C@H](Nc2nc(NCC3=Nc4cc(F)ccc4C3)nc(Nc3cccc(CN4CCN(C=O)CC4)c3)n2)C(=O)CC)cc1. The number of carbonyl (C=O) groups excluding carboxylic acids is 2. The molecular weight excluding hydrogens is 623 g/mol. The minimum absolute atomic E-state index is 0.00864. The number of fused-ring (bicyclic) bond motifs is 1. The van der Waals surface area contributed by atoms with Gasteiger partial charge in [0.1, 0.15) is 5.82 Å². The van der Waals surface area contributed by atoms with E-state index in [4.69, 9.17) is 6.57 Å². The highest BCUT2D eigenvalue weighted by Gasteiger charge is 2.21. The van der Waals surface area contributed by atoms with Crippen LogP contribution in [-0.4, -0.2) is 81.4 Å². The molecule has 0 unspecified atom stereocenters. The molecular formula is C36H37FN10O2. The van der Waals surface area contributed by atoms with Crippen LogP contribution in [0.1, 0.15) is 30.0 Å². The second-order valence-corrected chi connectivity index (χ2v) is 12.0. The van der Waals surface area contributed by atoms with Crippen molar-refractivity contribution >= 4 is 52.8 Å². The Balaban J connectivity index is 1.22. The fraction of sp³-hybridized carbons (Fsp3) is 0.306. The topological polar surface area (TPSA) is 132 Å². The third kappa shape index (κ3) is 8.79. The molecule has 49 heavy (non-hydrogen) atoms. The highest BCUT2D eigenvalue weighted by molar-refractivity contribution is 5.96. The van der Waals surface area contributed by atoms with Gasteiger partial charge in [-0.05, 0) is 47.4 Å². The van der Waals surface area contributed by atoms with Crippen molar-refractivity contribution in [1.82, 2.24) is 24.8 Å². The van der Waals surface area contributed by atoms with E-state index in [1.165, 1.54) is 12.1 Å². The standard InChI is InChI=1S/C36H37FN10O2/c1-3-33(49)32(18-24-7-11-28(38-2)12-8-24)42-36-44-34(39-21-30-19-26-9-10-27(37)20-31(26)40-30)43-35(45-36)41-29-6-4-5-25(17-29)22-46-13-15-47(23-48)16-14-46/h4-12,17,20,23,32H,3,13-16,18-19,21-22H2,1H3,(H3,39,41,42,43,44,45)/t32-/m0/s1. The maximum absolute atomic E-state index is 13.8. The molecule has 1 aromatic heterocycles. The molecule has 3 aromatic carbocycles. The van der Waals surface area contributed by atoms with E-state index >= 15 is 0 Å². The van der Waals surface area contributed by atoms with Crippen LogP contribution in [-0.2, 0) is 29.0 Å². The van der Waals surface area contributed by atoms with E-state index in [-0.39, 0.29) is 29.4 Å². The molecule has 1 atom stereocenters. The Labute approximate surface area is 284 Å². The minimum Gasteiger partial charge on any atom is -0.349 e. The largest absolute Gasteiger partial charge is 0.349 e. The highest BCUT2D eigenvalue weighted by Crippen LogP contribution is 2.27. The first-order chi connectivity index (χ1) is 23.9. The number of halogens is 1. The van der Waals surface area contributed by atoms with Gasteiger partial charge in [-0.25, -0.2) is 9.24 Å². The van der Waals surface area contributed by atoms with Gasteiger partial charge in [0, 0.05) is 57.0 Å². The molecule has 1 fully saturated rings. The van der Waals surface area contributed by atoms with Crippen molar-refractivity contribution < 1.29 is 14.0 Å². The van der Waals surface area contributed by atoms with Crippen LogP contribution in [0.15, 0.2) is 71.7 Å². The van der Waals surface area contributed by atoms with Gasteiger partial charge in [0.2, 0.25) is 24.3 Å². The Kier molecular flexibility index (Phi) is 10.5. The van der Waals surface area contributed by atoms with Crippen molar-refractivity contribution in [2.45, 2.75) is 38.8 Å². The lowest BCUT2D eigenvalue weighted by atomic mass is 10.0. The molecule has 3 heterocycles. The number of piperazine rings is 1. The van der Waals surface area contributed by atoms with E-state index in [1.807, 2.05) is 37.3 Å². The number of Topliss-reactive ketones (excluding diaryl/α,β-unsaturated/α-hetero) is 1. The predicted octanol–water partition coefficient (Wildman–Crippen LogP) is 5.32. The Morgan fingerprint density at radius 2 is 1.76 bits per heavy atom. The van der Waals surface area contributed by atoms with Crippen LogP contribution >= 0.6 is 0 Å². The normalized spacial score (nSPS) is 14.7. The summed E-state index contributed by atoms with van der Waals surface area (Å²) in [5, 5.41) is 9.78. The van der Waals surface area contributed by atoms with E-state index < -0.39 is 6.04 Å². The zero-order valence-corrected chi connectivity index (χ0v) is 27.2. The number of nitrogens with one attached hydrogen (secondary N) is 3. The fourth-order valence-corrected chi connectivity index (χ4v) is 5.83. The monoisotopic (exact) mass is 660 g/mol. The van der Waals surface area contributed by atoms with Gasteiger partial charge in [-0.15, -0.1) is 0 Å². The van der Waals surface area contributed by atoms with Crippen molar-refractivity contribution in [1.29, 1.82) is 0 Å². The first-order valence-electron chi connectivity index (χ1n) is 16.3. The summed E-state index contributed by atoms with van der Waals surface area (Å²) in [6.07, 6.45) is 2.19. The van der Waals surface area contributed by atoms with Crippen molar-refractivity contribution in [3.8, 4) is 0 Å². The lowest BCUT2D eigenvalue weighted by Crippen LogP contribution is -2.45. The third-order valence-electron chi connectivity index (χ3n) is 8.50. The number of hydrogen-bond acceptors (Lipinski definition) is 10. The van der Waals surface area contributed by atoms with Crippen LogP contribution in [0.5, 0.6) is 0 Å². The molecule has 13 heteroatoms. The number of benzene rings is 3. The second-order valence-electron chi connectivity index (χ2n) is 12.0. The van der Waals surface area contributed by atoms with Crippen LogP contribution in [0.2, 0.25) is 0 Å². The maximum Gasteiger partial charge on any atom is 0.233 e. The fourth-order valence-electron chi connectivity index (χ4n) is 5.83. The molecule has 0 bridgehead atoms. The van der Waals surface area contributed by atoms with Crippen LogP contribution in [0, 0.1) is 12.4 Å². The van der Waals surface area contributed by atoms with Gasteiger partial charge in [-0.1, -0.05) is 49.4 Å². The molecule has 0 saturated carbocycles. The first-order valence-corrected chi connectivity index (χ1v) is 16.3. The summed E-state index contributed by atoms with van der Waals surface area (Å²) >= 11 is 0. The molecule has 12 nitrogen and oxygen atoms in total.